The average Bonchev–Trinajstić information content (AvgIpc) is 3.12. The Bertz CT molecular complexity index is 703. The minimum atomic E-state index is -0.466. The van der Waals surface area contributed by atoms with Crippen molar-refractivity contribution in [1.29, 1.82) is 0 Å². The highest BCUT2D eigenvalue weighted by Crippen LogP contribution is 2.24. The van der Waals surface area contributed by atoms with Crippen molar-refractivity contribution in [3.8, 4) is 0 Å². The number of hydrogen-bond acceptors (Lipinski definition) is 4. The molecule has 2 heterocycles. The Kier molecular flexibility index (Phi) is 5.94. The Balaban J connectivity index is 1.56. The molecular formula is C17H18BrClN2O2S. The normalized spacial score (nSPS) is 17.0. The molecule has 3 rings (SSSR count). The first-order valence-corrected chi connectivity index (χ1v) is 9.78. The topological polar surface area (TPSA) is 43.8 Å². The molecule has 0 bridgehead atoms. The number of β-amino-alcohol motifs (C(OH)–C–C–N with tert-alkyl or cyclic N) is 1. The predicted octanol–water partition coefficient (Wildman–Crippen LogP) is 3.66. The second-order valence-electron chi connectivity index (χ2n) is 5.75. The van der Waals surface area contributed by atoms with Crippen molar-refractivity contribution in [2.75, 3.05) is 32.7 Å². The van der Waals surface area contributed by atoms with Gasteiger partial charge in [0.15, 0.2) is 0 Å². The van der Waals surface area contributed by atoms with Crippen molar-refractivity contribution in [3.63, 3.8) is 0 Å². The number of hydrogen-bond donors (Lipinski definition) is 1. The highest BCUT2D eigenvalue weighted by molar-refractivity contribution is 9.10. The number of amides is 1. The first-order chi connectivity index (χ1) is 11.5. The number of thiophene rings is 1. The molecule has 2 aromatic rings. The summed E-state index contributed by atoms with van der Waals surface area (Å²) in [4.78, 5) is 17.6. The summed E-state index contributed by atoms with van der Waals surface area (Å²) in [7, 11) is 0. The third-order valence-electron chi connectivity index (χ3n) is 4.12. The lowest BCUT2D eigenvalue weighted by molar-refractivity contribution is 0.0533. The number of benzene rings is 1. The number of rotatable bonds is 4. The second kappa shape index (κ2) is 7.97. The van der Waals surface area contributed by atoms with E-state index in [1.54, 1.807) is 23.5 Å². The molecule has 1 amide bonds. The molecule has 7 heteroatoms. The minimum absolute atomic E-state index is 0.0419. The van der Waals surface area contributed by atoms with Gasteiger partial charge in [0, 0.05) is 42.1 Å². The Morgan fingerprint density at radius 1 is 1.29 bits per heavy atom. The molecule has 24 heavy (non-hydrogen) atoms. The second-order valence-corrected chi connectivity index (χ2v) is 8.05. The van der Waals surface area contributed by atoms with E-state index in [9.17, 15) is 9.90 Å². The monoisotopic (exact) mass is 428 g/mol. The van der Waals surface area contributed by atoms with Gasteiger partial charge in [0.2, 0.25) is 0 Å². The predicted molar refractivity (Wildman–Crippen MR) is 101 cm³/mol. The van der Waals surface area contributed by atoms with Gasteiger partial charge >= 0.3 is 0 Å². The number of aliphatic hydroxyl groups excluding tert-OH is 1. The average molecular weight is 430 g/mol. The SMILES string of the molecule is O=C(c1cc(Br)ccc1Cl)N1CCN(CC(O)c2cccs2)CC1. The summed E-state index contributed by atoms with van der Waals surface area (Å²) in [5.41, 5.74) is 0.526. The van der Waals surface area contributed by atoms with Crippen LogP contribution in [-0.2, 0) is 0 Å². The molecule has 1 aromatic heterocycles. The van der Waals surface area contributed by atoms with Crippen molar-refractivity contribution in [2.24, 2.45) is 0 Å². The molecule has 0 aliphatic carbocycles. The molecule has 1 aromatic carbocycles. The van der Waals surface area contributed by atoms with Gasteiger partial charge in [-0.05, 0) is 29.6 Å². The molecular weight excluding hydrogens is 412 g/mol. The van der Waals surface area contributed by atoms with Gasteiger partial charge in [0.05, 0.1) is 10.6 Å². The van der Waals surface area contributed by atoms with Gasteiger partial charge in [-0.25, -0.2) is 0 Å². The van der Waals surface area contributed by atoms with E-state index in [4.69, 9.17) is 11.6 Å². The van der Waals surface area contributed by atoms with Crippen LogP contribution in [0.15, 0.2) is 40.2 Å². The zero-order valence-corrected chi connectivity index (χ0v) is 16.1. The Morgan fingerprint density at radius 2 is 2.04 bits per heavy atom. The van der Waals surface area contributed by atoms with Crippen LogP contribution >= 0.6 is 38.9 Å². The van der Waals surface area contributed by atoms with Crippen LogP contribution in [0.4, 0.5) is 0 Å². The quantitative estimate of drug-likeness (QED) is 0.807. The van der Waals surface area contributed by atoms with Crippen LogP contribution < -0.4 is 0 Å². The van der Waals surface area contributed by atoms with E-state index in [1.165, 1.54) is 0 Å². The largest absolute Gasteiger partial charge is 0.386 e. The molecule has 4 nitrogen and oxygen atoms in total. The summed E-state index contributed by atoms with van der Waals surface area (Å²) in [6, 6.07) is 9.21. The summed E-state index contributed by atoms with van der Waals surface area (Å²) in [5, 5.41) is 12.7. The standard InChI is InChI=1S/C17H18BrClN2O2S/c18-12-3-4-14(19)13(10-12)17(23)21-7-5-20(6-8-21)11-15(22)16-2-1-9-24-16/h1-4,9-10,15,22H,5-8,11H2. The van der Waals surface area contributed by atoms with Crippen molar-refractivity contribution >= 4 is 44.8 Å². The van der Waals surface area contributed by atoms with Crippen LogP contribution in [0.5, 0.6) is 0 Å². The van der Waals surface area contributed by atoms with Crippen LogP contribution in [0.1, 0.15) is 21.3 Å². The van der Waals surface area contributed by atoms with E-state index in [0.29, 0.717) is 30.2 Å². The fourth-order valence-corrected chi connectivity index (χ4v) is 4.04. The van der Waals surface area contributed by atoms with Gasteiger partial charge in [0.1, 0.15) is 6.10 Å². The van der Waals surface area contributed by atoms with Crippen LogP contribution in [0.3, 0.4) is 0 Å². The first-order valence-electron chi connectivity index (χ1n) is 7.73. The molecule has 0 spiro atoms. The fraction of sp³-hybridized carbons (Fsp3) is 0.353. The summed E-state index contributed by atoms with van der Waals surface area (Å²) < 4.78 is 0.841. The Hall–Kier alpha value is -0.920. The van der Waals surface area contributed by atoms with E-state index in [-0.39, 0.29) is 5.91 Å². The minimum Gasteiger partial charge on any atom is -0.386 e. The zero-order valence-electron chi connectivity index (χ0n) is 13.0. The molecule has 1 aliphatic heterocycles. The number of halogens is 2. The first kappa shape index (κ1) is 17.9. The Labute approximate surface area is 158 Å². The van der Waals surface area contributed by atoms with Crippen molar-refractivity contribution in [3.05, 3.63) is 55.6 Å². The smallest absolute Gasteiger partial charge is 0.255 e. The summed E-state index contributed by atoms with van der Waals surface area (Å²) in [6.07, 6.45) is -0.466. The maximum atomic E-state index is 12.6. The van der Waals surface area contributed by atoms with Gasteiger partial charge in [-0.15, -0.1) is 11.3 Å². The van der Waals surface area contributed by atoms with Gasteiger partial charge < -0.3 is 10.0 Å². The van der Waals surface area contributed by atoms with E-state index >= 15 is 0 Å². The van der Waals surface area contributed by atoms with Crippen molar-refractivity contribution < 1.29 is 9.90 Å². The molecule has 1 unspecified atom stereocenters. The van der Waals surface area contributed by atoms with Crippen LogP contribution in [0.25, 0.3) is 0 Å². The lowest BCUT2D eigenvalue weighted by Crippen LogP contribution is -2.49. The molecule has 0 radical (unpaired) electrons. The summed E-state index contributed by atoms with van der Waals surface area (Å²) >= 11 is 11.1. The van der Waals surface area contributed by atoms with E-state index in [1.807, 2.05) is 28.5 Å². The van der Waals surface area contributed by atoms with E-state index in [0.717, 1.165) is 22.4 Å². The van der Waals surface area contributed by atoms with Crippen molar-refractivity contribution in [1.82, 2.24) is 9.80 Å². The Morgan fingerprint density at radius 3 is 2.71 bits per heavy atom. The highest BCUT2D eigenvalue weighted by atomic mass is 79.9. The number of carbonyl (C=O) groups is 1. The maximum Gasteiger partial charge on any atom is 0.255 e. The van der Waals surface area contributed by atoms with Gasteiger partial charge in [-0.1, -0.05) is 33.6 Å². The van der Waals surface area contributed by atoms with Gasteiger partial charge in [-0.3, -0.25) is 9.69 Å². The molecule has 1 fully saturated rings. The van der Waals surface area contributed by atoms with Gasteiger partial charge in [0.25, 0.3) is 5.91 Å². The van der Waals surface area contributed by atoms with Crippen molar-refractivity contribution in [2.45, 2.75) is 6.10 Å². The van der Waals surface area contributed by atoms with Crippen LogP contribution in [0.2, 0.25) is 5.02 Å². The van der Waals surface area contributed by atoms with Crippen LogP contribution in [-0.4, -0.2) is 53.5 Å². The van der Waals surface area contributed by atoms with E-state index < -0.39 is 6.10 Å². The molecule has 1 N–H and O–H groups in total. The molecule has 1 atom stereocenters. The third-order valence-corrected chi connectivity index (χ3v) is 5.92. The number of piperazine rings is 1. The molecule has 1 saturated heterocycles. The number of nitrogens with zero attached hydrogens (tertiary/aromatic N) is 2. The molecule has 128 valence electrons. The fourth-order valence-electron chi connectivity index (χ4n) is 2.78. The number of aliphatic hydroxyl groups is 1. The summed E-state index contributed by atoms with van der Waals surface area (Å²) in [6.45, 7) is 3.37. The lowest BCUT2D eigenvalue weighted by atomic mass is 10.1. The highest BCUT2D eigenvalue weighted by Gasteiger charge is 2.25. The van der Waals surface area contributed by atoms with Crippen LogP contribution in [0, 0.1) is 0 Å². The zero-order chi connectivity index (χ0) is 17.1. The number of carbonyl (C=O) groups excluding carboxylic acids is 1. The molecule has 0 saturated carbocycles. The molecule has 1 aliphatic rings. The maximum absolute atomic E-state index is 12.6. The summed E-state index contributed by atoms with van der Waals surface area (Å²) in [5.74, 6) is -0.0419. The van der Waals surface area contributed by atoms with Gasteiger partial charge in [-0.2, -0.15) is 0 Å². The lowest BCUT2D eigenvalue weighted by Gasteiger charge is -2.35. The third kappa shape index (κ3) is 4.18. The van der Waals surface area contributed by atoms with E-state index in [2.05, 4.69) is 20.8 Å².